The topological polar surface area (TPSA) is 73.8 Å². The van der Waals surface area contributed by atoms with Crippen LogP contribution in [0.5, 0.6) is 0 Å². The number of nitrogens with zero attached hydrogens (tertiary/aromatic N) is 2. The van der Waals surface area contributed by atoms with E-state index >= 15 is 0 Å². The van der Waals surface area contributed by atoms with Crippen molar-refractivity contribution in [1.82, 2.24) is 10.0 Å². The van der Waals surface area contributed by atoms with Gasteiger partial charge in [-0.1, -0.05) is 18.2 Å². The van der Waals surface area contributed by atoms with Crippen molar-refractivity contribution in [3.05, 3.63) is 29.8 Å². The molecule has 0 unspecified atom stereocenters. The summed E-state index contributed by atoms with van der Waals surface area (Å²) in [6, 6.07) is 8.31. The molecule has 1 heterocycles. The minimum atomic E-state index is -3.10. The molecule has 21 heavy (non-hydrogen) atoms. The van der Waals surface area contributed by atoms with Crippen molar-refractivity contribution in [2.75, 3.05) is 37.8 Å². The van der Waals surface area contributed by atoms with E-state index in [1.54, 1.807) is 7.05 Å². The molecule has 1 aliphatic rings. The SMILES string of the molecule is CN=C(NCCCNS(C)(=O)=O)N1CCc2ccccc21. The molecule has 0 atom stereocenters. The summed E-state index contributed by atoms with van der Waals surface area (Å²) >= 11 is 0. The zero-order chi connectivity index (χ0) is 15.3. The van der Waals surface area contributed by atoms with Crippen LogP contribution in [0.2, 0.25) is 0 Å². The molecule has 1 aromatic carbocycles. The van der Waals surface area contributed by atoms with Crippen LogP contribution in [0.1, 0.15) is 12.0 Å². The van der Waals surface area contributed by atoms with Crippen LogP contribution in [0.15, 0.2) is 29.3 Å². The first-order valence-electron chi connectivity index (χ1n) is 7.02. The van der Waals surface area contributed by atoms with Crippen molar-refractivity contribution in [3.63, 3.8) is 0 Å². The lowest BCUT2D eigenvalue weighted by Crippen LogP contribution is -2.41. The number of fused-ring (bicyclic) bond motifs is 1. The Hall–Kier alpha value is -1.60. The van der Waals surface area contributed by atoms with Crippen molar-refractivity contribution >= 4 is 21.7 Å². The van der Waals surface area contributed by atoms with Gasteiger partial charge >= 0.3 is 0 Å². The van der Waals surface area contributed by atoms with E-state index in [0.29, 0.717) is 19.5 Å². The van der Waals surface area contributed by atoms with Gasteiger partial charge in [0.1, 0.15) is 0 Å². The van der Waals surface area contributed by atoms with Gasteiger partial charge in [-0.25, -0.2) is 13.1 Å². The van der Waals surface area contributed by atoms with E-state index in [1.165, 1.54) is 17.5 Å². The lowest BCUT2D eigenvalue weighted by Gasteiger charge is -2.22. The molecule has 116 valence electrons. The van der Waals surface area contributed by atoms with Gasteiger partial charge in [-0.2, -0.15) is 0 Å². The van der Waals surface area contributed by atoms with E-state index in [0.717, 1.165) is 18.9 Å². The molecule has 0 amide bonds. The number of rotatable bonds is 5. The Morgan fingerprint density at radius 1 is 1.33 bits per heavy atom. The van der Waals surface area contributed by atoms with E-state index < -0.39 is 10.0 Å². The van der Waals surface area contributed by atoms with Crippen molar-refractivity contribution in [2.45, 2.75) is 12.8 Å². The Labute approximate surface area is 126 Å². The maximum atomic E-state index is 11.0. The molecule has 0 aliphatic carbocycles. The van der Waals surface area contributed by atoms with Gasteiger partial charge in [-0.15, -0.1) is 0 Å². The number of aliphatic imine (C=N–C) groups is 1. The maximum absolute atomic E-state index is 11.0. The normalized spacial score (nSPS) is 15.1. The molecule has 0 fully saturated rings. The van der Waals surface area contributed by atoms with Crippen LogP contribution in [-0.4, -0.2) is 47.3 Å². The number of guanidine groups is 1. The summed E-state index contributed by atoms with van der Waals surface area (Å²) < 4.78 is 24.4. The predicted octanol–water partition coefficient (Wildman–Crippen LogP) is 0.564. The number of nitrogens with one attached hydrogen (secondary N) is 2. The highest BCUT2D eigenvalue weighted by Gasteiger charge is 2.21. The second-order valence-electron chi connectivity index (χ2n) is 5.02. The van der Waals surface area contributed by atoms with Crippen LogP contribution in [0, 0.1) is 0 Å². The lowest BCUT2D eigenvalue weighted by molar-refractivity contribution is 0.584. The van der Waals surface area contributed by atoms with Crippen molar-refractivity contribution in [3.8, 4) is 0 Å². The van der Waals surface area contributed by atoms with Crippen molar-refractivity contribution < 1.29 is 8.42 Å². The lowest BCUT2D eigenvalue weighted by atomic mass is 10.2. The van der Waals surface area contributed by atoms with Gasteiger partial charge in [0.15, 0.2) is 5.96 Å². The largest absolute Gasteiger partial charge is 0.356 e. The van der Waals surface area contributed by atoms with E-state index in [4.69, 9.17) is 0 Å². The summed E-state index contributed by atoms with van der Waals surface area (Å²) in [6.45, 7) is 2.02. The fourth-order valence-corrected chi connectivity index (χ4v) is 2.91. The molecule has 2 N–H and O–H groups in total. The van der Waals surface area contributed by atoms with Gasteiger partial charge in [0.25, 0.3) is 0 Å². The summed E-state index contributed by atoms with van der Waals surface area (Å²) in [5.41, 5.74) is 2.53. The van der Waals surface area contributed by atoms with Gasteiger partial charge in [-0.3, -0.25) is 4.99 Å². The number of anilines is 1. The summed E-state index contributed by atoms with van der Waals surface area (Å²) in [7, 11) is -1.34. The molecule has 1 aromatic rings. The second kappa shape index (κ2) is 6.91. The Balaban J connectivity index is 1.85. The second-order valence-corrected chi connectivity index (χ2v) is 6.86. The minimum absolute atomic E-state index is 0.430. The molecular formula is C14H22N4O2S. The van der Waals surface area contributed by atoms with Crippen LogP contribution in [0.4, 0.5) is 5.69 Å². The Bertz CT molecular complexity index is 613. The average molecular weight is 310 g/mol. The molecular weight excluding hydrogens is 288 g/mol. The molecule has 7 heteroatoms. The number of benzene rings is 1. The first kappa shape index (κ1) is 15.8. The molecule has 0 saturated heterocycles. The third-order valence-electron chi connectivity index (χ3n) is 3.36. The zero-order valence-corrected chi connectivity index (χ0v) is 13.3. The Morgan fingerprint density at radius 2 is 2.10 bits per heavy atom. The summed E-state index contributed by atoms with van der Waals surface area (Å²) in [5.74, 6) is 0.833. The maximum Gasteiger partial charge on any atom is 0.208 e. The molecule has 0 bridgehead atoms. The number of hydrogen-bond donors (Lipinski definition) is 2. The summed E-state index contributed by atoms with van der Waals surface area (Å²) in [6.07, 6.45) is 2.90. The summed E-state index contributed by atoms with van der Waals surface area (Å²) in [4.78, 5) is 6.47. The highest BCUT2D eigenvalue weighted by molar-refractivity contribution is 7.88. The van der Waals surface area contributed by atoms with Crippen LogP contribution >= 0.6 is 0 Å². The van der Waals surface area contributed by atoms with Crippen LogP contribution in [0.25, 0.3) is 0 Å². The first-order chi connectivity index (χ1) is 10.0. The molecule has 0 spiro atoms. The first-order valence-corrected chi connectivity index (χ1v) is 8.91. The van der Waals surface area contributed by atoms with Crippen LogP contribution < -0.4 is 14.9 Å². The zero-order valence-electron chi connectivity index (χ0n) is 12.5. The van der Waals surface area contributed by atoms with Crippen LogP contribution in [-0.2, 0) is 16.4 Å². The third-order valence-corrected chi connectivity index (χ3v) is 4.08. The third kappa shape index (κ3) is 4.44. The highest BCUT2D eigenvalue weighted by atomic mass is 32.2. The molecule has 0 aromatic heterocycles. The van der Waals surface area contributed by atoms with Crippen molar-refractivity contribution in [2.24, 2.45) is 4.99 Å². The van der Waals surface area contributed by atoms with Gasteiger partial charge in [0.05, 0.1) is 6.26 Å². The monoisotopic (exact) mass is 310 g/mol. The fraction of sp³-hybridized carbons (Fsp3) is 0.500. The van der Waals surface area contributed by atoms with E-state index in [-0.39, 0.29) is 0 Å². The van der Waals surface area contributed by atoms with Gasteiger partial charge in [0, 0.05) is 32.4 Å². The standard InChI is InChI=1S/C14H22N4O2S/c1-15-14(16-9-5-10-17-21(2,19)20)18-11-8-12-6-3-4-7-13(12)18/h3-4,6-7,17H,5,8-11H2,1-2H3,(H,15,16). The number of sulfonamides is 1. The summed E-state index contributed by atoms with van der Waals surface area (Å²) in [5, 5.41) is 3.28. The average Bonchev–Trinajstić information content (AvgIpc) is 2.86. The Morgan fingerprint density at radius 3 is 2.81 bits per heavy atom. The quantitative estimate of drug-likeness (QED) is 0.473. The van der Waals surface area contributed by atoms with Gasteiger partial charge in [-0.05, 0) is 24.5 Å². The fourth-order valence-electron chi connectivity index (χ4n) is 2.40. The minimum Gasteiger partial charge on any atom is -0.356 e. The smallest absolute Gasteiger partial charge is 0.208 e. The number of para-hydroxylation sites is 1. The van der Waals surface area contributed by atoms with Gasteiger partial charge in [0.2, 0.25) is 10.0 Å². The van der Waals surface area contributed by atoms with Crippen LogP contribution in [0.3, 0.4) is 0 Å². The number of hydrogen-bond acceptors (Lipinski definition) is 3. The molecule has 0 saturated carbocycles. The van der Waals surface area contributed by atoms with E-state index in [1.807, 2.05) is 6.07 Å². The van der Waals surface area contributed by atoms with Gasteiger partial charge < -0.3 is 10.2 Å². The Kier molecular flexibility index (Phi) is 5.19. The highest BCUT2D eigenvalue weighted by Crippen LogP contribution is 2.27. The molecule has 6 nitrogen and oxygen atoms in total. The molecule has 0 radical (unpaired) electrons. The predicted molar refractivity (Wildman–Crippen MR) is 86.3 cm³/mol. The molecule has 2 rings (SSSR count). The van der Waals surface area contributed by atoms with Crippen molar-refractivity contribution in [1.29, 1.82) is 0 Å². The van der Waals surface area contributed by atoms with E-state index in [9.17, 15) is 8.42 Å². The van der Waals surface area contributed by atoms with E-state index in [2.05, 4.69) is 38.1 Å². The molecule has 1 aliphatic heterocycles.